The molecule has 0 heterocycles. The largest absolute Gasteiger partial charge is 0.0805 e. The molecule has 0 aliphatic carbocycles. The van der Waals surface area contributed by atoms with E-state index in [0.717, 1.165) is 6.42 Å². The van der Waals surface area contributed by atoms with E-state index >= 15 is 0 Å². The monoisotopic (exact) mass is 137 g/mol. The topological polar surface area (TPSA) is 0 Å². The number of allylic oxidation sites excluding steroid dienone is 3. The summed E-state index contributed by atoms with van der Waals surface area (Å²) < 4.78 is 0. The van der Waals surface area contributed by atoms with Crippen molar-refractivity contribution in [1.82, 2.24) is 0 Å². The molecule has 0 heteroatoms. The second-order valence-electron chi connectivity index (χ2n) is 3.06. The second kappa shape index (κ2) is 4.32. The lowest BCUT2D eigenvalue weighted by Crippen LogP contribution is -1.92. The van der Waals surface area contributed by atoms with Crippen LogP contribution in [0.4, 0.5) is 0 Å². The summed E-state index contributed by atoms with van der Waals surface area (Å²) in [5.41, 5.74) is 2.86. The van der Waals surface area contributed by atoms with Crippen molar-refractivity contribution in [2.75, 3.05) is 0 Å². The highest BCUT2D eigenvalue weighted by molar-refractivity contribution is 5.13. The predicted molar refractivity (Wildman–Crippen MR) is 46.7 cm³/mol. The third kappa shape index (κ3) is 2.86. The van der Waals surface area contributed by atoms with Gasteiger partial charge >= 0.3 is 0 Å². The van der Waals surface area contributed by atoms with E-state index in [1.54, 1.807) is 6.08 Å². The maximum Gasteiger partial charge on any atom is -0.0136 e. The first-order chi connectivity index (χ1) is 4.59. The first-order valence-corrected chi connectivity index (χ1v) is 3.79. The molecule has 0 bridgehead atoms. The van der Waals surface area contributed by atoms with Crippen LogP contribution < -0.4 is 0 Å². The Balaban J connectivity index is 4.18. The fourth-order valence-corrected chi connectivity index (χ4v) is 0.831. The van der Waals surface area contributed by atoms with Crippen LogP contribution >= 0.6 is 0 Å². The van der Waals surface area contributed by atoms with Crippen molar-refractivity contribution in [1.29, 1.82) is 0 Å². The zero-order valence-corrected chi connectivity index (χ0v) is 7.44. The Morgan fingerprint density at radius 3 is 2.20 bits per heavy atom. The Hall–Kier alpha value is -0.520. The maximum absolute atomic E-state index is 5.31. The molecule has 0 spiro atoms. The molecule has 0 aromatic heterocycles. The quantitative estimate of drug-likeness (QED) is 0.523. The predicted octanol–water partition coefficient (Wildman–Crippen LogP) is 3.36. The Labute approximate surface area is 64.6 Å². The standard InChI is InChI=1S/C10H17/c1-6-7-9(4)10(5)8(2)3/h1,6,8H,7H2,2-5H3. The SMILES string of the molecule is [CH]=CCC(C)=C(C)C(C)C. The molecule has 0 nitrogen and oxygen atoms in total. The summed E-state index contributed by atoms with van der Waals surface area (Å²) in [6.07, 6.45) is 2.63. The molecule has 0 aromatic carbocycles. The number of hydrogen-bond donors (Lipinski definition) is 0. The summed E-state index contributed by atoms with van der Waals surface area (Å²) >= 11 is 0. The molecule has 0 saturated heterocycles. The molecule has 0 atom stereocenters. The molecule has 0 amide bonds. The summed E-state index contributed by atoms with van der Waals surface area (Å²) in [5, 5.41) is 0. The van der Waals surface area contributed by atoms with Crippen LogP contribution in [0.3, 0.4) is 0 Å². The van der Waals surface area contributed by atoms with E-state index < -0.39 is 0 Å². The molecule has 10 heavy (non-hydrogen) atoms. The Morgan fingerprint density at radius 1 is 1.40 bits per heavy atom. The third-order valence-corrected chi connectivity index (χ3v) is 1.96. The van der Waals surface area contributed by atoms with Crippen LogP contribution in [0.5, 0.6) is 0 Å². The Morgan fingerprint density at radius 2 is 1.90 bits per heavy atom. The average Bonchev–Trinajstić information content (AvgIpc) is 1.87. The van der Waals surface area contributed by atoms with Gasteiger partial charge in [-0.3, -0.25) is 0 Å². The first kappa shape index (κ1) is 9.48. The van der Waals surface area contributed by atoms with Crippen molar-refractivity contribution < 1.29 is 0 Å². The molecular formula is C10H17. The van der Waals surface area contributed by atoms with Gasteiger partial charge in [0.25, 0.3) is 0 Å². The number of hydrogen-bond acceptors (Lipinski definition) is 0. The molecule has 0 saturated carbocycles. The minimum Gasteiger partial charge on any atom is -0.0805 e. The van der Waals surface area contributed by atoms with Gasteiger partial charge in [0, 0.05) is 0 Å². The maximum atomic E-state index is 5.31. The summed E-state index contributed by atoms with van der Waals surface area (Å²) in [4.78, 5) is 0. The first-order valence-electron chi connectivity index (χ1n) is 3.79. The summed E-state index contributed by atoms with van der Waals surface area (Å²) in [7, 11) is 0. The zero-order chi connectivity index (χ0) is 8.15. The van der Waals surface area contributed by atoms with E-state index in [1.165, 1.54) is 11.1 Å². The highest BCUT2D eigenvalue weighted by atomic mass is 14.0. The smallest absolute Gasteiger partial charge is 0.0136 e. The van der Waals surface area contributed by atoms with Gasteiger partial charge in [-0.05, 0) is 26.2 Å². The zero-order valence-electron chi connectivity index (χ0n) is 7.44. The van der Waals surface area contributed by atoms with E-state index in [2.05, 4.69) is 27.7 Å². The van der Waals surface area contributed by atoms with Crippen molar-refractivity contribution in [3.8, 4) is 0 Å². The van der Waals surface area contributed by atoms with Crippen molar-refractivity contribution in [2.45, 2.75) is 34.1 Å². The van der Waals surface area contributed by atoms with E-state index in [-0.39, 0.29) is 0 Å². The normalized spacial score (nSPS) is 13.3. The van der Waals surface area contributed by atoms with Crippen LogP contribution in [0, 0.1) is 12.5 Å². The third-order valence-electron chi connectivity index (χ3n) is 1.96. The molecule has 0 rings (SSSR count). The molecule has 0 aromatic rings. The van der Waals surface area contributed by atoms with Gasteiger partial charge in [0.1, 0.15) is 0 Å². The van der Waals surface area contributed by atoms with Crippen molar-refractivity contribution >= 4 is 0 Å². The van der Waals surface area contributed by atoms with Gasteiger partial charge in [0.05, 0.1) is 0 Å². The highest BCUT2D eigenvalue weighted by Gasteiger charge is 1.98. The fraction of sp³-hybridized carbons (Fsp3) is 0.600. The van der Waals surface area contributed by atoms with Crippen molar-refractivity contribution in [3.05, 3.63) is 23.8 Å². The molecule has 0 N–H and O–H groups in total. The minimum atomic E-state index is 0.653. The van der Waals surface area contributed by atoms with Gasteiger partial charge in [-0.2, -0.15) is 0 Å². The van der Waals surface area contributed by atoms with Crippen LogP contribution in [-0.4, -0.2) is 0 Å². The average molecular weight is 137 g/mol. The van der Waals surface area contributed by atoms with Crippen molar-refractivity contribution in [2.24, 2.45) is 5.92 Å². The van der Waals surface area contributed by atoms with Gasteiger partial charge in [0.2, 0.25) is 0 Å². The van der Waals surface area contributed by atoms with E-state index in [1.807, 2.05) is 0 Å². The van der Waals surface area contributed by atoms with Crippen LogP contribution in [0.25, 0.3) is 0 Å². The fourth-order valence-electron chi connectivity index (χ4n) is 0.831. The molecule has 0 unspecified atom stereocenters. The Bertz CT molecular complexity index is 138. The molecule has 0 fully saturated rings. The lowest BCUT2D eigenvalue weighted by Gasteiger charge is -2.08. The number of rotatable bonds is 3. The van der Waals surface area contributed by atoms with Gasteiger partial charge in [-0.25, -0.2) is 0 Å². The van der Waals surface area contributed by atoms with E-state index in [9.17, 15) is 0 Å². The van der Waals surface area contributed by atoms with Gasteiger partial charge in [-0.1, -0.05) is 37.6 Å². The minimum absolute atomic E-state index is 0.653. The molecule has 1 radical (unpaired) electrons. The van der Waals surface area contributed by atoms with Gasteiger partial charge in [0.15, 0.2) is 0 Å². The van der Waals surface area contributed by atoms with Crippen LogP contribution in [0.1, 0.15) is 34.1 Å². The van der Waals surface area contributed by atoms with Gasteiger partial charge < -0.3 is 0 Å². The lowest BCUT2D eigenvalue weighted by atomic mass is 9.98. The van der Waals surface area contributed by atoms with Crippen LogP contribution in [-0.2, 0) is 0 Å². The lowest BCUT2D eigenvalue weighted by molar-refractivity contribution is 0.752. The molecule has 57 valence electrons. The Kier molecular flexibility index (Phi) is 4.10. The molecule has 0 aliphatic heterocycles. The summed E-state index contributed by atoms with van der Waals surface area (Å²) in [5.74, 6) is 0.653. The second-order valence-corrected chi connectivity index (χ2v) is 3.06. The molecule has 0 aliphatic rings. The van der Waals surface area contributed by atoms with E-state index in [0.29, 0.717) is 5.92 Å². The van der Waals surface area contributed by atoms with Crippen LogP contribution in [0.2, 0.25) is 0 Å². The molecular weight excluding hydrogens is 120 g/mol. The summed E-state index contributed by atoms with van der Waals surface area (Å²) in [6.45, 7) is 14.0. The van der Waals surface area contributed by atoms with E-state index in [4.69, 9.17) is 6.58 Å². The van der Waals surface area contributed by atoms with Gasteiger partial charge in [-0.15, -0.1) is 0 Å². The highest BCUT2D eigenvalue weighted by Crippen LogP contribution is 2.15. The van der Waals surface area contributed by atoms with Crippen LogP contribution in [0.15, 0.2) is 17.2 Å². The summed E-state index contributed by atoms with van der Waals surface area (Å²) in [6, 6.07) is 0. The van der Waals surface area contributed by atoms with Crippen molar-refractivity contribution in [3.63, 3.8) is 0 Å².